The van der Waals surface area contributed by atoms with Gasteiger partial charge in [0.05, 0.1) is 17.3 Å². The zero-order chi connectivity index (χ0) is 19.1. The maximum absolute atomic E-state index is 13.6. The smallest absolute Gasteiger partial charge is 0.226 e. The van der Waals surface area contributed by atoms with Crippen LogP contribution in [-0.4, -0.2) is 26.6 Å². The Hall–Kier alpha value is -3.48. The minimum absolute atomic E-state index is 0.00237. The number of hydrogen-bond acceptors (Lipinski definition) is 4. The molecule has 0 saturated heterocycles. The first kappa shape index (κ1) is 17.0. The van der Waals surface area contributed by atoms with Crippen LogP contribution in [0.15, 0.2) is 48.5 Å². The first-order chi connectivity index (χ1) is 12.9. The van der Waals surface area contributed by atoms with Crippen LogP contribution in [0.4, 0.5) is 10.2 Å². The largest absolute Gasteiger partial charge is 0.508 e. The van der Waals surface area contributed by atoms with E-state index in [9.17, 15) is 19.1 Å². The van der Waals surface area contributed by atoms with Gasteiger partial charge < -0.3 is 10.4 Å². The number of halogens is 1. The monoisotopic (exact) mass is 365 g/mol. The summed E-state index contributed by atoms with van der Waals surface area (Å²) in [5.74, 6) is -1.21. The van der Waals surface area contributed by atoms with E-state index in [1.807, 2.05) is 0 Å². The average molecular weight is 365 g/mol. The molecule has 2 N–H and O–H groups in total. The van der Waals surface area contributed by atoms with Gasteiger partial charge in [-0.25, -0.2) is 9.07 Å². The summed E-state index contributed by atoms with van der Waals surface area (Å²) in [4.78, 5) is 25.3. The van der Waals surface area contributed by atoms with Gasteiger partial charge in [-0.1, -0.05) is 6.07 Å². The van der Waals surface area contributed by atoms with Crippen LogP contribution in [0.25, 0.3) is 5.69 Å². The minimum Gasteiger partial charge on any atom is -0.508 e. The van der Waals surface area contributed by atoms with Crippen molar-refractivity contribution in [1.82, 2.24) is 9.78 Å². The van der Waals surface area contributed by atoms with Crippen LogP contribution in [-0.2, 0) is 4.79 Å². The molecule has 0 bridgehead atoms. The molecule has 1 aliphatic heterocycles. The summed E-state index contributed by atoms with van der Waals surface area (Å²) >= 11 is 0. The highest BCUT2D eigenvalue weighted by molar-refractivity contribution is 6.08. The van der Waals surface area contributed by atoms with Crippen molar-refractivity contribution in [2.24, 2.45) is 0 Å². The molecule has 1 unspecified atom stereocenters. The molecule has 0 fully saturated rings. The second-order valence-corrected chi connectivity index (χ2v) is 6.46. The van der Waals surface area contributed by atoms with Crippen molar-refractivity contribution in [3.63, 3.8) is 0 Å². The molecule has 27 heavy (non-hydrogen) atoms. The maximum atomic E-state index is 13.6. The van der Waals surface area contributed by atoms with Crippen molar-refractivity contribution in [3.8, 4) is 11.4 Å². The number of aryl methyl sites for hydroxylation is 1. The van der Waals surface area contributed by atoms with Crippen molar-refractivity contribution < 1.29 is 19.1 Å². The number of anilines is 1. The number of fused-ring (bicyclic) bond motifs is 1. The van der Waals surface area contributed by atoms with Crippen LogP contribution in [0.1, 0.15) is 34.0 Å². The second-order valence-electron chi connectivity index (χ2n) is 6.46. The third-order valence-electron chi connectivity index (χ3n) is 4.62. The number of aromatic hydroxyl groups is 1. The number of Topliss-reactive ketones (excluding diaryl/α,β-unsaturated/α-hetero) is 1. The highest BCUT2D eigenvalue weighted by Gasteiger charge is 2.36. The van der Waals surface area contributed by atoms with E-state index >= 15 is 0 Å². The van der Waals surface area contributed by atoms with Crippen LogP contribution in [0.2, 0.25) is 0 Å². The third kappa shape index (κ3) is 2.97. The molecule has 1 atom stereocenters. The molecule has 1 aliphatic rings. The van der Waals surface area contributed by atoms with Gasteiger partial charge in [-0.3, -0.25) is 9.59 Å². The molecule has 1 amide bonds. The van der Waals surface area contributed by atoms with Gasteiger partial charge in [0.2, 0.25) is 5.91 Å². The quantitative estimate of drug-likeness (QED) is 0.697. The third-order valence-corrected chi connectivity index (χ3v) is 4.62. The summed E-state index contributed by atoms with van der Waals surface area (Å²) in [5.41, 5.74) is 2.07. The lowest BCUT2D eigenvalue weighted by atomic mass is 9.85. The highest BCUT2D eigenvalue weighted by Crippen LogP contribution is 2.38. The molecule has 0 saturated carbocycles. The van der Waals surface area contributed by atoms with Gasteiger partial charge in [-0.15, -0.1) is 0 Å². The molecule has 2 aromatic carbocycles. The lowest BCUT2D eigenvalue weighted by Crippen LogP contribution is -2.28. The number of phenolic OH excluding ortho intramolecular Hbond substituents is 1. The number of nitrogens with one attached hydrogen (secondary N) is 1. The van der Waals surface area contributed by atoms with Gasteiger partial charge in [-0.2, -0.15) is 5.10 Å². The number of ketones is 1. The molecule has 0 spiro atoms. The van der Waals surface area contributed by atoms with Crippen molar-refractivity contribution in [3.05, 3.63) is 71.2 Å². The van der Waals surface area contributed by atoms with Crippen LogP contribution in [0.5, 0.6) is 5.75 Å². The van der Waals surface area contributed by atoms with Gasteiger partial charge in [0.15, 0.2) is 5.78 Å². The van der Waals surface area contributed by atoms with E-state index in [-0.39, 0.29) is 23.9 Å². The van der Waals surface area contributed by atoms with Crippen LogP contribution in [0.3, 0.4) is 0 Å². The molecule has 2 heterocycles. The second kappa shape index (κ2) is 6.35. The topological polar surface area (TPSA) is 84.2 Å². The molecule has 6 nitrogen and oxygen atoms in total. The van der Waals surface area contributed by atoms with Crippen molar-refractivity contribution in [2.75, 3.05) is 5.32 Å². The molecule has 136 valence electrons. The van der Waals surface area contributed by atoms with E-state index < -0.39 is 11.7 Å². The Labute approximate surface area is 154 Å². The van der Waals surface area contributed by atoms with Gasteiger partial charge in [0.25, 0.3) is 0 Å². The molecule has 3 aromatic rings. The van der Waals surface area contributed by atoms with E-state index in [0.717, 1.165) is 0 Å². The number of aromatic nitrogens is 2. The number of benzene rings is 2. The lowest BCUT2D eigenvalue weighted by Gasteiger charge is -2.23. The summed E-state index contributed by atoms with van der Waals surface area (Å²) in [5, 5.41) is 16.6. The number of rotatable bonds is 3. The Morgan fingerprint density at radius 2 is 2.00 bits per heavy atom. The Bertz CT molecular complexity index is 1060. The molecule has 1 aromatic heterocycles. The van der Waals surface area contributed by atoms with E-state index in [0.29, 0.717) is 28.3 Å². The standard InChI is InChI=1S/C20H16FN3O3/c1-11-18-16(19(27)12-5-7-15(25)8-6-12)10-17(26)22-20(18)24(23-11)14-4-2-3-13(21)9-14/h2-9,16,25H,10H2,1H3,(H,22,26). The average Bonchev–Trinajstić information content (AvgIpc) is 2.97. The predicted octanol–water partition coefficient (Wildman–Crippen LogP) is 3.33. The molecule has 7 heteroatoms. The Morgan fingerprint density at radius 1 is 1.26 bits per heavy atom. The van der Waals surface area contributed by atoms with Crippen molar-refractivity contribution in [1.29, 1.82) is 0 Å². The molecule has 0 aliphatic carbocycles. The summed E-state index contributed by atoms with van der Waals surface area (Å²) in [6, 6.07) is 11.8. The Kier molecular flexibility index (Phi) is 3.99. The Balaban J connectivity index is 1.82. The fourth-order valence-corrected chi connectivity index (χ4v) is 3.39. The zero-order valence-electron chi connectivity index (χ0n) is 14.4. The van der Waals surface area contributed by atoms with Crippen LogP contribution in [0, 0.1) is 12.7 Å². The first-order valence-corrected chi connectivity index (χ1v) is 8.42. The fraction of sp³-hybridized carbons (Fsp3) is 0.150. The van der Waals surface area contributed by atoms with Gasteiger partial charge in [0.1, 0.15) is 17.4 Å². The number of carbonyl (C=O) groups is 2. The summed E-state index contributed by atoms with van der Waals surface area (Å²) in [6.07, 6.45) is 0.00237. The van der Waals surface area contributed by atoms with E-state index in [4.69, 9.17) is 0 Å². The fourth-order valence-electron chi connectivity index (χ4n) is 3.39. The lowest BCUT2D eigenvalue weighted by molar-refractivity contribution is -0.116. The van der Waals surface area contributed by atoms with E-state index in [1.54, 1.807) is 19.1 Å². The number of phenols is 1. The van der Waals surface area contributed by atoms with Gasteiger partial charge >= 0.3 is 0 Å². The number of nitrogens with zero attached hydrogens (tertiary/aromatic N) is 2. The summed E-state index contributed by atoms with van der Waals surface area (Å²) in [6.45, 7) is 1.75. The molecular weight excluding hydrogens is 349 g/mol. The normalized spacial score (nSPS) is 15.9. The van der Waals surface area contributed by atoms with E-state index in [1.165, 1.54) is 41.1 Å². The first-order valence-electron chi connectivity index (χ1n) is 8.42. The SMILES string of the molecule is Cc1nn(-c2cccc(F)c2)c2c1C(C(=O)c1ccc(O)cc1)CC(=O)N2. The zero-order valence-corrected chi connectivity index (χ0v) is 14.4. The highest BCUT2D eigenvalue weighted by atomic mass is 19.1. The van der Waals surface area contributed by atoms with Gasteiger partial charge in [-0.05, 0) is 49.4 Å². The number of hydrogen-bond donors (Lipinski definition) is 2. The van der Waals surface area contributed by atoms with Crippen LogP contribution >= 0.6 is 0 Å². The minimum atomic E-state index is -0.694. The van der Waals surface area contributed by atoms with Crippen molar-refractivity contribution in [2.45, 2.75) is 19.3 Å². The summed E-state index contributed by atoms with van der Waals surface area (Å²) < 4.78 is 15.1. The van der Waals surface area contributed by atoms with E-state index in [2.05, 4.69) is 10.4 Å². The summed E-state index contributed by atoms with van der Waals surface area (Å²) in [7, 11) is 0. The van der Waals surface area contributed by atoms with Gasteiger partial charge in [0, 0.05) is 17.5 Å². The molecule has 0 radical (unpaired) electrons. The number of carbonyl (C=O) groups excluding carboxylic acids is 2. The molecule has 4 rings (SSSR count). The van der Waals surface area contributed by atoms with Crippen LogP contribution < -0.4 is 5.32 Å². The van der Waals surface area contributed by atoms with Crippen molar-refractivity contribution >= 4 is 17.5 Å². The Morgan fingerprint density at radius 3 is 2.70 bits per heavy atom. The number of amides is 1. The predicted molar refractivity (Wildman–Crippen MR) is 96.7 cm³/mol. The molecular formula is C20H16FN3O3. The maximum Gasteiger partial charge on any atom is 0.226 e.